The highest BCUT2D eigenvalue weighted by molar-refractivity contribution is 5.97. The molecule has 138 valence electrons. The summed E-state index contributed by atoms with van der Waals surface area (Å²) in [4.78, 5) is 15.1. The van der Waals surface area contributed by atoms with Crippen LogP contribution >= 0.6 is 0 Å². The van der Waals surface area contributed by atoms with Crippen LogP contribution in [0.2, 0.25) is 0 Å². The van der Waals surface area contributed by atoms with Gasteiger partial charge in [-0.25, -0.2) is 0 Å². The molecule has 5 heteroatoms. The summed E-state index contributed by atoms with van der Waals surface area (Å²) in [6.07, 6.45) is 1.68. The van der Waals surface area contributed by atoms with Crippen molar-refractivity contribution >= 4 is 5.91 Å². The summed E-state index contributed by atoms with van der Waals surface area (Å²) in [5, 5.41) is 7.66. The molecule has 0 bridgehead atoms. The molecule has 0 saturated carbocycles. The zero-order valence-electron chi connectivity index (χ0n) is 15.4. The number of carbonyl (C=O) groups is 1. The summed E-state index contributed by atoms with van der Waals surface area (Å²) in [6, 6.07) is 17.6. The minimum Gasteiger partial charge on any atom is -0.493 e. The fraction of sp³-hybridized carbons (Fsp3) is 0.273. The number of fused-ring (bicyclic) bond motifs is 1. The van der Waals surface area contributed by atoms with Crippen molar-refractivity contribution in [3.63, 3.8) is 0 Å². The molecule has 1 aromatic heterocycles. The van der Waals surface area contributed by atoms with Crippen molar-refractivity contribution in [1.82, 2.24) is 15.1 Å². The Labute approximate surface area is 159 Å². The van der Waals surface area contributed by atoms with Gasteiger partial charge in [-0.2, -0.15) is 5.10 Å². The summed E-state index contributed by atoms with van der Waals surface area (Å²) >= 11 is 0. The van der Waals surface area contributed by atoms with Gasteiger partial charge < -0.3 is 9.64 Å². The molecule has 0 saturated heterocycles. The number of ether oxygens (including phenoxy) is 1. The Bertz CT molecular complexity index is 934. The highest BCUT2D eigenvalue weighted by Gasteiger charge is 2.27. The van der Waals surface area contributed by atoms with Gasteiger partial charge in [-0.1, -0.05) is 49.4 Å². The van der Waals surface area contributed by atoms with E-state index in [0.717, 1.165) is 35.4 Å². The van der Waals surface area contributed by atoms with Crippen LogP contribution in [0.5, 0.6) is 5.75 Å². The van der Waals surface area contributed by atoms with Crippen LogP contribution in [0.4, 0.5) is 0 Å². The van der Waals surface area contributed by atoms with Crippen molar-refractivity contribution in [3.8, 4) is 17.0 Å². The predicted octanol–water partition coefficient (Wildman–Crippen LogP) is 4.06. The molecule has 3 aromatic rings. The van der Waals surface area contributed by atoms with Gasteiger partial charge >= 0.3 is 0 Å². The Morgan fingerprint density at radius 3 is 2.74 bits per heavy atom. The number of amides is 1. The second-order valence-corrected chi connectivity index (χ2v) is 6.72. The largest absolute Gasteiger partial charge is 0.493 e. The minimum atomic E-state index is 0.00700. The normalized spacial score (nSPS) is 13.3. The molecule has 0 radical (unpaired) electrons. The molecule has 1 aliphatic heterocycles. The summed E-state index contributed by atoms with van der Waals surface area (Å²) in [7, 11) is 0. The summed E-state index contributed by atoms with van der Waals surface area (Å²) < 4.78 is 5.78. The molecular weight excluding hydrogens is 338 g/mol. The van der Waals surface area contributed by atoms with Crippen molar-refractivity contribution in [2.24, 2.45) is 0 Å². The van der Waals surface area contributed by atoms with Crippen LogP contribution in [0.1, 0.15) is 35.0 Å². The van der Waals surface area contributed by atoms with E-state index in [1.807, 2.05) is 59.5 Å². The van der Waals surface area contributed by atoms with Crippen LogP contribution in [-0.4, -0.2) is 34.2 Å². The smallest absolute Gasteiger partial charge is 0.257 e. The third-order valence-electron chi connectivity index (χ3n) is 4.85. The standard InChI is InChI=1S/C22H23N3O2/c1-2-14-27-20-11-7-6-10-17(20)22(26)25-13-12-19-18(15-25)21(24-23-19)16-8-4-3-5-9-16/h3-11H,2,12-15H2,1H3,(H,23,24). The molecule has 5 nitrogen and oxygen atoms in total. The monoisotopic (exact) mass is 361 g/mol. The molecule has 2 heterocycles. The van der Waals surface area contributed by atoms with Crippen LogP contribution in [0, 0.1) is 0 Å². The second-order valence-electron chi connectivity index (χ2n) is 6.72. The number of carbonyl (C=O) groups excluding carboxylic acids is 1. The van der Waals surface area contributed by atoms with E-state index in [1.165, 1.54) is 0 Å². The Morgan fingerprint density at radius 2 is 1.93 bits per heavy atom. The molecule has 1 N–H and O–H groups in total. The lowest BCUT2D eigenvalue weighted by Crippen LogP contribution is -2.36. The zero-order chi connectivity index (χ0) is 18.6. The van der Waals surface area contributed by atoms with Gasteiger partial charge in [0.15, 0.2) is 0 Å². The minimum absolute atomic E-state index is 0.00700. The Balaban J connectivity index is 1.60. The van der Waals surface area contributed by atoms with E-state index < -0.39 is 0 Å². The van der Waals surface area contributed by atoms with E-state index in [2.05, 4.69) is 17.1 Å². The number of benzene rings is 2. The third kappa shape index (κ3) is 3.45. The quantitative estimate of drug-likeness (QED) is 0.745. The fourth-order valence-electron chi connectivity index (χ4n) is 3.45. The van der Waals surface area contributed by atoms with Gasteiger partial charge in [0, 0.05) is 36.3 Å². The molecule has 0 fully saturated rings. The maximum atomic E-state index is 13.2. The van der Waals surface area contributed by atoms with Crippen LogP contribution in [0.15, 0.2) is 54.6 Å². The molecule has 0 unspecified atom stereocenters. The van der Waals surface area contributed by atoms with Crippen LogP contribution < -0.4 is 4.74 Å². The van der Waals surface area contributed by atoms with E-state index in [-0.39, 0.29) is 5.91 Å². The van der Waals surface area contributed by atoms with E-state index in [1.54, 1.807) is 0 Å². The zero-order valence-corrected chi connectivity index (χ0v) is 15.4. The molecule has 4 rings (SSSR count). The van der Waals surface area contributed by atoms with Crippen LogP contribution in [0.3, 0.4) is 0 Å². The first kappa shape index (κ1) is 17.3. The van der Waals surface area contributed by atoms with Crippen LogP contribution in [0.25, 0.3) is 11.3 Å². The molecule has 0 atom stereocenters. The Hall–Kier alpha value is -3.08. The number of hydrogen-bond donors (Lipinski definition) is 1. The predicted molar refractivity (Wildman–Crippen MR) is 105 cm³/mol. The Morgan fingerprint density at radius 1 is 1.15 bits per heavy atom. The summed E-state index contributed by atoms with van der Waals surface area (Å²) in [5.74, 6) is 0.665. The summed E-state index contributed by atoms with van der Waals surface area (Å²) in [6.45, 7) is 3.89. The van der Waals surface area contributed by atoms with E-state index in [9.17, 15) is 4.79 Å². The van der Waals surface area contributed by atoms with Gasteiger partial charge in [0.25, 0.3) is 5.91 Å². The third-order valence-corrected chi connectivity index (χ3v) is 4.85. The number of rotatable bonds is 5. The van der Waals surface area contributed by atoms with Gasteiger partial charge in [0.1, 0.15) is 5.75 Å². The molecule has 0 aliphatic carbocycles. The average molecular weight is 361 g/mol. The number of nitrogens with zero attached hydrogens (tertiary/aromatic N) is 2. The lowest BCUT2D eigenvalue weighted by molar-refractivity contribution is 0.0730. The second kappa shape index (κ2) is 7.66. The molecule has 27 heavy (non-hydrogen) atoms. The van der Waals surface area contributed by atoms with Crippen molar-refractivity contribution < 1.29 is 9.53 Å². The number of nitrogens with one attached hydrogen (secondary N) is 1. The number of aromatic nitrogens is 2. The van der Waals surface area contributed by atoms with Crippen molar-refractivity contribution in [3.05, 3.63) is 71.4 Å². The fourth-order valence-corrected chi connectivity index (χ4v) is 3.45. The van der Waals surface area contributed by atoms with Gasteiger partial charge in [-0.3, -0.25) is 9.89 Å². The van der Waals surface area contributed by atoms with Gasteiger partial charge in [0.05, 0.1) is 17.9 Å². The lowest BCUT2D eigenvalue weighted by Gasteiger charge is -2.28. The summed E-state index contributed by atoms with van der Waals surface area (Å²) in [5.41, 5.74) is 4.84. The van der Waals surface area contributed by atoms with Crippen molar-refractivity contribution in [2.75, 3.05) is 13.2 Å². The highest BCUT2D eigenvalue weighted by atomic mass is 16.5. The first-order valence-electron chi connectivity index (χ1n) is 9.40. The lowest BCUT2D eigenvalue weighted by atomic mass is 10.0. The SMILES string of the molecule is CCCOc1ccccc1C(=O)N1CCc2[nH]nc(-c3ccccc3)c2C1. The van der Waals surface area contributed by atoms with Crippen molar-refractivity contribution in [1.29, 1.82) is 0 Å². The molecule has 1 aliphatic rings. The molecular formula is C22H23N3O2. The van der Waals surface area contributed by atoms with E-state index in [4.69, 9.17) is 4.74 Å². The van der Waals surface area contributed by atoms with Crippen molar-refractivity contribution in [2.45, 2.75) is 26.3 Å². The first-order chi connectivity index (χ1) is 13.3. The van der Waals surface area contributed by atoms with Gasteiger partial charge in [-0.15, -0.1) is 0 Å². The highest BCUT2D eigenvalue weighted by Crippen LogP contribution is 2.30. The number of aromatic amines is 1. The topological polar surface area (TPSA) is 58.2 Å². The van der Waals surface area contributed by atoms with E-state index in [0.29, 0.717) is 31.0 Å². The van der Waals surface area contributed by atoms with Gasteiger partial charge in [-0.05, 0) is 18.6 Å². The molecule has 1 amide bonds. The number of para-hydroxylation sites is 1. The average Bonchev–Trinajstić information content (AvgIpc) is 3.16. The van der Waals surface area contributed by atoms with E-state index >= 15 is 0 Å². The number of hydrogen-bond acceptors (Lipinski definition) is 3. The first-order valence-corrected chi connectivity index (χ1v) is 9.40. The molecule has 0 spiro atoms. The Kier molecular flexibility index (Phi) is 4.92. The maximum absolute atomic E-state index is 13.2. The molecule has 2 aromatic carbocycles. The van der Waals surface area contributed by atoms with Crippen LogP contribution in [-0.2, 0) is 13.0 Å². The number of H-pyrrole nitrogens is 1. The van der Waals surface area contributed by atoms with Gasteiger partial charge in [0.2, 0.25) is 0 Å². The maximum Gasteiger partial charge on any atom is 0.257 e.